The van der Waals surface area contributed by atoms with Crippen molar-refractivity contribution >= 4 is 16.0 Å². The monoisotopic (exact) mass is 388 g/mol. The number of methoxy groups -OCH3 is 1. The topological polar surface area (TPSA) is 89.7 Å². The fourth-order valence-corrected chi connectivity index (χ4v) is 5.13. The number of hydrogen-bond donors (Lipinski definition) is 1. The molecule has 0 unspecified atom stereocenters. The van der Waals surface area contributed by atoms with Gasteiger partial charge in [0.15, 0.2) is 0 Å². The van der Waals surface area contributed by atoms with Gasteiger partial charge in [-0.3, -0.25) is 0 Å². The maximum absolute atomic E-state index is 13.2. The summed E-state index contributed by atoms with van der Waals surface area (Å²) in [5.74, 6) is -0.447. The van der Waals surface area contributed by atoms with Crippen molar-refractivity contribution in [3.05, 3.63) is 65.2 Å². The number of benzene rings is 2. The van der Waals surface area contributed by atoms with Crippen LogP contribution in [0.3, 0.4) is 0 Å². The summed E-state index contributed by atoms with van der Waals surface area (Å²) < 4.78 is 32.6. The summed E-state index contributed by atoms with van der Waals surface area (Å²) in [4.78, 5) is 12.0. The number of ether oxygens (including phenoxy) is 1. The van der Waals surface area contributed by atoms with Crippen LogP contribution in [0.2, 0.25) is 0 Å². The predicted octanol–water partition coefficient (Wildman–Crippen LogP) is 2.14. The van der Waals surface area contributed by atoms with Crippen LogP contribution in [0.1, 0.15) is 27.4 Å². The summed E-state index contributed by atoms with van der Waals surface area (Å²) in [7, 11) is -2.46. The summed E-state index contributed by atoms with van der Waals surface area (Å²) in [5.41, 5.74) is 7.94. The third kappa shape index (κ3) is 3.76. The Balaban J connectivity index is 1.93. The minimum absolute atomic E-state index is 0.0488. The van der Waals surface area contributed by atoms with Gasteiger partial charge in [-0.05, 0) is 42.6 Å². The van der Waals surface area contributed by atoms with E-state index in [9.17, 15) is 13.2 Å². The third-order valence-electron chi connectivity index (χ3n) is 5.19. The average molecular weight is 388 g/mol. The van der Waals surface area contributed by atoms with Gasteiger partial charge in [-0.15, -0.1) is 0 Å². The molecule has 0 radical (unpaired) electrons. The second-order valence-corrected chi connectivity index (χ2v) is 8.74. The van der Waals surface area contributed by atoms with Crippen LogP contribution in [0.4, 0.5) is 0 Å². The summed E-state index contributed by atoms with van der Waals surface area (Å²) in [6.45, 7) is 2.89. The molecule has 0 spiro atoms. The van der Waals surface area contributed by atoms with Gasteiger partial charge in [0, 0.05) is 19.0 Å². The fraction of sp³-hybridized carbons (Fsp3) is 0.350. The molecule has 0 amide bonds. The first-order valence-electron chi connectivity index (χ1n) is 8.82. The summed E-state index contributed by atoms with van der Waals surface area (Å²) in [6.07, 6.45) is 0. The van der Waals surface area contributed by atoms with Gasteiger partial charge in [0.2, 0.25) is 10.0 Å². The fourth-order valence-electron chi connectivity index (χ4n) is 3.59. The normalized spacial score (nSPS) is 20.6. The van der Waals surface area contributed by atoms with E-state index in [0.29, 0.717) is 25.2 Å². The van der Waals surface area contributed by atoms with Crippen LogP contribution in [0.5, 0.6) is 0 Å². The Hall–Kier alpha value is -2.22. The van der Waals surface area contributed by atoms with E-state index in [4.69, 9.17) is 10.5 Å². The molecular weight excluding hydrogens is 364 g/mol. The SMILES string of the molecule is COC(=O)c1cc(S(=O)(=O)N2C[C@@H](CN)[C@H](c3ccccc3)C2)ccc1C. The number of sulfonamides is 1. The highest BCUT2D eigenvalue weighted by atomic mass is 32.2. The Bertz CT molecular complexity index is 928. The van der Waals surface area contributed by atoms with E-state index in [0.717, 1.165) is 5.56 Å². The van der Waals surface area contributed by atoms with Crippen LogP contribution >= 0.6 is 0 Å². The van der Waals surface area contributed by atoms with E-state index in [1.54, 1.807) is 13.0 Å². The van der Waals surface area contributed by atoms with Gasteiger partial charge in [0.1, 0.15) is 0 Å². The Morgan fingerprint density at radius 3 is 2.52 bits per heavy atom. The number of aryl methyl sites for hydroxylation is 1. The van der Waals surface area contributed by atoms with E-state index >= 15 is 0 Å². The second-order valence-electron chi connectivity index (χ2n) is 6.80. The molecule has 0 bridgehead atoms. The number of esters is 1. The first kappa shape index (κ1) is 19.5. The van der Waals surface area contributed by atoms with E-state index < -0.39 is 16.0 Å². The van der Waals surface area contributed by atoms with Crippen LogP contribution < -0.4 is 5.73 Å². The molecule has 3 rings (SSSR count). The average Bonchev–Trinajstić information content (AvgIpc) is 3.13. The van der Waals surface area contributed by atoms with Crippen LogP contribution in [-0.4, -0.2) is 45.4 Å². The molecule has 7 heteroatoms. The van der Waals surface area contributed by atoms with Crippen molar-refractivity contribution in [3.63, 3.8) is 0 Å². The molecule has 27 heavy (non-hydrogen) atoms. The molecule has 6 nitrogen and oxygen atoms in total. The van der Waals surface area contributed by atoms with Gasteiger partial charge in [-0.2, -0.15) is 4.31 Å². The van der Waals surface area contributed by atoms with Crippen molar-refractivity contribution < 1.29 is 17.9 Å². The van der Waals surface area contributed by atoms with Crippen LogP contribution in [0.25, 0.3) is 0 Å². The Labute approximate surface area is 160 Å². The minimum Gasteiger partial charge on any atom is -0.465 e. The molecule has 2 N–H and O–H groups in total. The van der Waals surface area contributed by atoms with Crippen molar-refractivity contribution in [3.8, 4) is 0 Å². The zero-order valence-corrected chi connectivity index (χ0v) is 16.3. The highest BCUT2D eigenvalue weighted by Crippen LogP contribution is 2.35. The van der Waals surface area contributed by atoms with Crippen molar-refractivity contribution in [2.45, 2.75) is 17.7 Å². The Morgan fingerprint density at radius 2 is 1.89 bits per heavy atom. The van der Waals surface area contributed by atoms with Gasteiger partial charge < -0.3 is 10.5 Å². The molecule has 1 aliphatic heterocycles. The van der Waals surface area contributed by atoms with E-state index in [1.165, 1.54) is 23.5 Å². The zero-order chi connectivity index (χ0) is 19.6. The number of nitrogens with two attached hydrogens (primary N) is 1. The standard InChI is InChI=1S/C20H24N2O4S/c1-14-8-9-17(10-18(14)20(23)26-2)27(24,25)22-12-16(11-21)19(13-22)15-6-4-3-5-7-15/h3-10,16,19H,11-13,21H2,1-2H3/t16-,19+/m1/s1. The number of hydrogen-bond acceptors (Lipinski definition) is 5. The molecule has 2 atom stereocenters. The predicted molar refractivity (Wildman–Crippen MR) is 103 cm³/mol. The van der Waals surface area contributed by atoms with Gasteiger partial charge >= 0.3 is 5.97 Å². The molecule has 1 saturated heterocycles. The Morgan fingerprint density at radius 1 is 1.19 bits per heavy atom. The molecule has 0 aliphatic carbocycles. The zero-order valence-electron chi connectivity index (χ0n) is 15.5. The highest BCUT2D eigenvalue weighted by molar-refractivity contribution is 7.89. The largest absolute Gasteiger partial charge is 0.465 e. The van der Waals surface area contributed by atoms with Gasteiger partial charge in [-0.25, -0.2) is 13.2 Å². The number of carbonyl (C=O) groups is 1. The summed E-state index contributed by atoms with van der Waals surface area (Å²) in [5, 5.41) is 0. The molecule has 1 fully saturated rings. The second kappa shape index (κ2) is 7.80. The lowest BCUT2D eigenvalue weighted by Gasteiger charge is -2.17. The van der Waals surface area contributed by atoms with Crippen molar-refractivity contribution in [1.29, 1.82) is 0 Å². The van der Waals surface area contributed by atoms with E-state index in [1.807, 2.05) is 30.3 Å². The number of rotatable bonds is 5. The highest BCUT2D eigenvalue weighted by Gasteiger charge is 2.39. The number of nitrogens with zero attached hydrogens (tertiary/aromatic N) is 1. The maximum Gasteiger partial charge on any atom is 0.338 e. The van der Waals surface area contributed by atoms with Crippen molar-refractivity contribution in [2.24, 2.45) is 11.7 Å². The van der Waals surface area contributed by atoms with E-state index in [2.05, 4.69) is 0 Å². The van der Waals surface area contributed by atoms with Gasteiger partial charge in [-0.1, -0.05) is 36.4 Å². The first-order chi connectivity index (χ1) is 12.9. The molecule has 1 heterocycles. The van der Waals surface area contributed by atoms with Crippen LogP contribution in [-0.2, 0) is 14.8 Å². The third-order valence-corrected chi connectivity index (χ3v) is 7.02. The maximum atomic E-state index is 13.2. The molecular formula is C20H24N2O4S. The van der Waals surface area contributed by atoms with Crippen LogP contribution in [0, 0.1) is 12.8 Å². The molecule has 2 aromatic carbocycles. The van der Waals surface area contributed by atoms with Crippen LogP contribution in [0.15, 0.2) is 53.4 Å². The minimum atomic E-state index is -3.73. The van der Waals surface area contributed by atoms with Gasteiger partial charge in [0.25, 0.3) is 0 Å². The molecule has 144 valence electrons. The quantitative estimate of drug-likeness (QED) is 0.793. The van der Waals surface area contributed by atoms with Gasteiger partial charge in [0.05, 0.1) is 17.6 Å². The van der Waals surface area contributed by atoms with Crippen molar-refractivity contribution in [1.82, 2.24) is 4.31 Å². The molecule has 0 aromatic heterocycles. The lowest BCUT2D eigenvalue weighted by atomic mass is 9.89. The lowest BCUT2D eigenvalue weighted by Crippen LogP contribution is -2.30. The molecule has 1 aliphatic rings. The molecule has 0 saturated carbocycles. The summed E-state index contributed by atoms with van der Waals surface area (Å²) >= 11 is 0. The summed E-state index contributed by atoms with van der Waals surface area (Å²) in [6, 6.07) is 14.4. The Kier molecular flexibility index (Phi) is 5.64. The molecule has 2 aromatic rings. The van der Waals surface area contributed by atoms with E-state index in [-0.39, 0.29) is 22.3 Å². The smallest absolute Gasteiger partial charge is 0.338 e. The first-order valence-corrected chi connectivity index (χ1v) is 10.3. The lowest BCUT2D eigenvalue weighted by molar-refractivity contribution is 0.0599. The van der Waals surface area contributed by atoms with Crippen molar-refractivity contribution in [2.75, 3.05) is 26.7 Å². The number of carbonyl (C=O) groups excluding carboxylic acids is 1.